The van der Waals surface area contributed by atoms with Gasteiger partial charge in [0.2, 0.25) is 0 Å². The number of carbonyl (C=O) groups excluding carboxylic acids is 1. The molecule has 0 unspecified atom stereocenters. The van der Waals surface area contributed by atoms with Gasteiger partial charge in [-0.1, -0.05) is 25.1 Å². The topological polar surface area (TPSA) is 89.5 Å². The average molecular weight is 619 g/mol. The van der Waals surface area contributed by atoms with Crippen LogP contribution in [0.2, 0.25) is 0 Å². The smallest absolute Gasteiger partial charge is 0.273 e. The van der Waals surface area contributed by atoms with Crippen molar-refractivity contribution in [2.45, 2.75) is 33.1 Å². The molecule has 0 saturated heterocycles. The molecule has 37 heavy (non-hydrogen) atoms. The van der Waals surface area contributed by atoms with E-state index in [4.69, 9.17) is 4.74 Å². The summed E-state index contributed by atoms with van der Waals surface area (Å²) in [4.78, 5) is 17.5. The third-order valence-corrected chi connectivity index (χ3v) is 8.20. The van der Waals surface area contributed by atoms with Gasteiger partial charge >= 0.3 is 0 Å². The lowest BCUT2D eigenvalue weighted by molar-refractivity contribution is -0.113. The highest BCUT2D eigenvalue weighted by atomic mass is 127. The predicted octanol–water partition coefficient (Wildman–Crippen LogP) is 6.20. The van der Waals surface area contributed by atoms with Gasteiger partial charge in [0.15, 0.2) is 0 Å². The van der Waals surface area contributed by atoms with Crippen LogP contribution in [0, 0.1) is 12.1 Å². The number of pyridine rings is 1. The van der Waals surface area contributed by atoms with E-state index in [0.29, 0.717) is 18.4 Å². The van der Waals surface area contributed by atoms with Crippen LogP contribution in [0.3, 0.4) is 0 Å². The number of nitrogens with zero attached hydrogens (tertiary/aromatic N) is 2. The third-order valence-electron chi connectivity index (χ3n) is 5.91. The van der Waals surface area contributed by atoms with E-state index in [1.807, 2.05) is 37.3 Å². The van der Waals surface area contributed by atoms with E-state index in [2.05, 4.69) is 15.6 Å². The molecule has 0 spiro atoms. The zero-order valence-electron chi connectivity index (χ0n) is 20.7. The number of anilines is 1. The average Bonchev–Trinajstić information content (AvgIpc) is 2.88. The fourth-order valence-electron chi connectivity index (χ4n) is 3.88. The van der Waals surface area contributed by atoms with Gasteiger partial charge in [-0.2, -0.15) is 0 Å². The molecule has 4 rings (SSSR count). The number of hydroxylamine groups is 1. The van der Waals surface area contributed by atoms with Gasteiger partial charge in [-0.05, 0) is 55.8 Å². The van der Waals surface area contributed by atoms with Crippen LogP contribution in [0.1, 0.15) is 37.0 Å². The van der Waals surface area contributed by atoms with Crippen LogP contribution in [-0.2, 0) is 10.7 Å². The Morgan fingerprint density at radius 1 is 1.19 bits per heavy atom. The maximum absolute atomic E-state index is 14.1. The number of rotatable bonds is 7. The first-order chi connectivity index (χ1) is 17.6. The van der Waals surface area contributed by atoms with Gasteiger partial charge < -0.3 is 23.9 Å². The second kappa shape index (κ2) is 10.9. The number of nitrogens with one attached hydrogen (secondary N) is 2. The zero-order chi connectivity index (χ0) is 26.7. The Morgan fingerprint density at radius 3 is 2.65 bits per heavy atom. The number of ether oxygens (including phenoxy) is 1. The third kappa shape index (κ3) is 5.64. The summed E-state index contributed by atoms with van der Waals surface area (Å²) in [7, 11) is 1.59. The molecule has 3 aromatic rings. The van der Waals surface area contributed by atoms with Gasteiger partial charge in [-0.15, -0.1) is 0 Å². The zero-order valence-corrected chi connectivity index (χ0v) is 22.9. The van der Waals surface area contributed by atoms with Gasteiger partial charge in [-0.25, -0.2) is 8.78 Å². The van der Waals surface area contributed by atoms with Crippen LogP contribution in [0.15, 0.2) is 72.2 Å². The minimum absolute atomic E-state index is 0.0708. The summed E-state index contributed by atoms with van der Waals surface area (Å²) in [5.74, 6) is -3.01. The molecule has 0 atom stereocenters. The number of methoxy groups -OCH3 is 1. The highest BCUT2D eigenvalue weighted by Crippen LogP contribution is 2.35. The summed E-state index contributed by atoms with van der Waals surface area (Å²) in [5, 5.41) is 18.9. The number of allylic oxidation sites excluding steroid dienone is 1. The van der Waals surface area contributed by atoms with Crippen molar-refractivity contribution in [2.75, 3.05) is 12.4 Å². The van der Waals surface area contributed by atoms with E-state index < -0.39 is 32.8 Å². The number of hydrogen-bond donors (Lipinski definition) is 2. The van der Waals surface area contributed by atoms with Crippen LogP contribution in [0.25, 0.3) is 11.3 Å². The van der Waals surface area contributed by atoms with Crippen molar-refractivity contribution in [2.24, 2.45) is 0 Å². The van der Waals surface area contributed by atoms with Crippen LogP contribution < -0.4 is 15.4 Å². The van der Waals surface area contributed by atoms with Crippen LogP contribution in [0.5, 0.6) is 5.75 Å². The molecule has 0 bridgehead atoms. The predicted molar refractivity (Wildman–Crippen MR) is 149 cm³/mol. The minimum Gasteiger partial charge on any atom is -0.749 e. The second-order valence-corrected chi connectivity index (χ2v) is 10.9. The molecule has 1 aliphatic rings. The lowest BCUT2D eigenvalue weighted by atomic mass is 10.0. The Hall–Kier alpha value is -3.38. The molecule has 2 heterocycles. The number of halogens is 3. The summed E-state index contributed by atoms with van der Waals surface area (Å²) in [6.07, 6.45) is 1.35. The van der Waals surface area contributed by atoms with Crippen molar-refractivity contribution in [3.05, 3.63) is 94.1 Å². The molecule has 7 nitrogen and oxygen atoms in total. The Bertz CT molecular complexity index is 1410. The maximum atomic E-state index is 14.1. The van der Waals surface area contributed by atoms with Crippen LogP contribution in [-0.4, -0.2) is 24.9 Å². The summed E-state index contributed by atoms with van der Waals surface area (Å²) in [6.45, 7) is 4.99. The molecule has 194 valence electrons. The largest absolute Gasteiger partial charge is 0.749 e. The quantitative estimate of drug-likeness (QED) is 0.242. The number of carbonyl (C=O) groups is 1. The van der Waals surface area contributed by atoms with Gasteiger partial charge in [-0.3, -0.25) is 9.78 Å². The van der Waals surface area contributed by atoms with E-state index >= 15 is 0 Å². The summed E-state index contributed by atoms with van der Waals surface area (Å²) in [5.41, 5.74) is 3.65. The van der Waals surface area contributed by atoms with Gasteiger partial charge in [0.25, 0.3) is 11.8 Å². The Balaban J connectivity index is 1.59. The first-order valence-electron chi connectivity index (χ1n) is 11.5. The number of hydrogen-bond acceptors (Lipinski definition) is 6. The van der Waals surface area contributed by atoms with Crippen LogP contribution in [0.4, 0.5) is 14.5 Å². The fraction of sp³-hybridized carbons (Fsp3) is 0.222. The van der Waals surface area contributed by atoms with Gasteiger partial charge in [0.1, 0.15) is 11.4 Å². The van der Waals surface area contributed by atoms with Gasteiger partial charge in [0, 0.05) is 61.7 Å². The molecule has 2 aromatic carbocycles. The van der Waals surface area contributed by atoms with Crippen molar-refractivity contribution < 1.29 is 18.3 Å². The number of aryl methyl sites for hydroxylation is 1. The molecule has 1 aromatic heterocycles. The Morgan fingerprint density at radius 2 is 1.97 bits per heavy atom. The number of benzene rings is 2. The van der Waals surface area contributed by atoms with Crippen molar-refractivity contribution >= 4 is 36.2 Å². The van der Waals surface area contributed by atoms with E-state index in [1.165, 1.54) is 31.2 Å². The number of aromatic nitrogens is 1. The Kier molecular flexibility index (Phi) is 7.88. The Labute approximate surface area is 224 Å². The van der Waals surface area contributed by atoms with E-state index in [-0.39, 0.29) is 23.4 Å². The minimum atomic E-state index is -3.01. The normalized spacial score (nSPS) is 13.9. The monoisotopic (exact) mass is 619 g/mol. The molecule has 1 amide bonds. The molecular formula is C27H26F2IN4O3-. The van der Waals surface area contributed by atoms with Crippen molar-refractivity contribution in [1.82, 2.24) is 13.6 Å². The summed E-state index contributed by atoms with van der Waals surface area (Å²) >= 11 is -1.32. The van der Waals surface area contributed by atoms with Crippen LogP contribution >= 0.6 is 21.0 Å². The SMILES string of the molecule is CCC(F)(F)c1cccc(NC(=O)C2=C(C)NC(c3ccc(OC)c(-c4ncccc4C)c3)=IN2[O-])c1. The number of alkyl halides is 2. The highest BCUT2D eigenvalue weighted by molar-refractivity contribution is 14.2. The van der Waals surface area contributed by atoms with Crippen molar-refractivity contribution in [3.63, 3.8) is 0 Å². The molecule has 2 N–H and O–H groups in total. The lowest BCUT2D eigenvalue weighted by Crippen LogP contribution is -2.34. The molecule has 0 radical (unpaired) electrons. The van der Waals surface area contributed by atoms with E-state index in [0.717, 1.165) is 22.4 Å². The highest BCUT2D eigenvalue weighted by Gasteiger charge is 2.29. The molecule has 10 heteroatoms. The summed E-state index contributed by atoms with van der Waals surface area (Å²) < 4.78 is 35.1. The first-order valence-corrected chi connectivity index (χ1v) is 13.6. The molecule has 0 fully saturated rings. The van der Waals surface area contributed by atoms with Crippen molar-refractivity contribution in [3.8, 4) is 17.0 Å². The molecular weight excluding hydrogens is 593 g/mol. The summed E-state index contributed by atoms with van der Waals surface area (Å²) in [6, 6.07) is 14.9. The van der Waals surface area contributed by atoms with E-state index in [1.54, 1.807) is 20.2 Å². The number of amides is 1. The van der Waals surface area contributed by atoms with Crippen molar-refractivity contribution in [1.29, 1.82) is 0 Å². The fourth-order valence-corrected chi connectivity index (χ4v) is 6.28. The molecule has 1 aliphatic heterocycles. The second-order valence-electron chi connectivity index (χ2n) is 8.42. The molecule has 0 aliphatic carbocycles. The standard InChI is InChI=1S/C27H26F2IN4O3/c1-5-27(28,29)19-9-6-10-20(15-19)33-26(35)24-17(3)32-25(30-34(24)36)18-11-12-22(37-4)21(14-18)23-16(2)8-7-13-31-23/h6-15,32H,5H2,1-4H3,(H,33,35)/q-1. The van der Waals surface area contributed by atoms with Gasteiger partial charge in [0.05, 0.1) is 16.4 Å². The lowest BCUT2D eigenvalue weighted by Gasteiger charge is -2.34. The first kappa shape index (κ1) is 26.7. The maximum Gasteiger partial charge on any atom is 0.273 e. The van der Waals surface area contributed by atoms with E-state index in [9.17, 15) is 18.8 Å². The molecule has 0 saturated carbocycles.